The Labute approximate surface area is 80.5 Å². The van der Waals surface area contributed by atoms with Gasteiger partial charge in [-0.05, 0) is 13.3 Å². The molecule has 4 heteroatoms. The zero-order valence-corrected chi connectivity index (χ0v) is 7.98. The van der Waals surface area contributed by atoms with Crippen molar-refractivity contribution in [2.24, 2.45) is 0 Å². The largest absolute Gasteiger partial charge is 0.488 e. The van der Waals surface area contributed by atoms with Crippen LogP contribution in [0.25, 0.3) is 0 Å². The van der Waals surface area contributed by atoms with E-state index in [4.69, 9.17) is 4.74 Å². The number of ether oxygens (including phenoxy) is 1. The van der Waals surface area contributed by atoms with Gasteiger partial charge in [0.05, 0.1) is 6.10 Å². The first-order valence-corrected chi connectivity index (χ1v) is 4.35. The summed E-state index contributed by atoms with van der Waals surface area (Å²) in [5.41, 5.74) is 0. The fourth-order valence-corrected chi connectivity index (χ4v) is 0.895. The molecular formula is C10H11F3O. The van der Waals surface area contributed by atoms with Crippen molar-refractivity contribution < 1.29 is 17.9 Å². The second-order valence-corrected chi connectivity index (χ2v) is 3.03. The van der Waals surface area contributed by atoms with Gasteiger partial charge in [-0.15, -0.1) is 0 Å². The molecule has 0 saturated carbocycles. The van der Waals surface area contributed by atoms with Crippen LogP contribution in [0.1, 0.15) is 20.3 Å². The number of rotatable bonds is 3. The molecule has 0 bridgehead atoms. The zero-order chi connectivity index (χ0) is 10.7. The van der Waals surface area contributed by atoms with Crippen LogP contribution in [0.3, 0.4) is 0 Å². The molecule has 0 fully saturated rings. The van der Waals surface area contributed by atoms with Gasteiger partial charge < -0.3 is 4.74 Å². The van der Waals surface area contributed by atoms with Gasteiger partial charge in [-0.1, -0.05) is 6.92 Å². The Balaban J connectivity index is 2.92. The Bertz CT molecular complexity index is 325. The molecule has 1 nitrogen and oxygen atoms in total. The third-order valence-electron chi connectivity index (χ3n) is 1.88. The second kappa shape index (κ2) is 4.35. The van der Waals surface area contributed by atoms with Crippen molar-refractivity contribution >= 4 is 0 Å². The zero-order valence-electron chi connectivity index (χ0n) is 7.98. The second-order valence-electron chi connectivity index (χ2n) is 3.03. The van der Waals surface area contributed by atoms with Gasteiger partial charge in [0.25, 0.3) is 0 Å². The SMILES string of the molecule is CCC(C)Oc1cc(F)c(F)cc1F. The minimum absolute atomic E-state index is 0.227. The summed E-state index contributed by atoms with van der Waals surface area (Å²) in [6.07, 6.45) is 0.438. The van der Waals surface area contributed by atoms with Crippen LogP contribution >= 0.6 is 0 Å². The molecule has 1 rings (SSSR count). The molecule has 14 heavy (non-hydrogen) atoms. The van der Waals surface area contributed by atoms with Gasteiger partial charge in [0.2, 0.25) is 0 Å². The predicted molar refractivity (Wildman–Crippen MR) is 46.7 cm³/mol. The van der Waals surface area contributed by atoms with Gasteiger partial charge >= 0.3 is 0 Å². The Morgan fingerprint density at radius 2 is 1.71 bits per heavy atom. The molecule has 1 aromatic rings. The lowest BCUT2D eigenvalue weighted by Gasteiger charge is -2.13. The average molecular weight is 204 g/mol. The van der Waals surface area contributed by atoms with Crippen molar-refractivity contribution in [1.29, 1.82) is 0 Å². The van der Waals surface area contributed by atoms with E-state index in [9.17, 15) is 13.2 Å². The molecule has 0 aliphatic rings. The Hall–Kier alpha value is -1.19. The molecule has 0 heterocycles. The summed E-state index contributed by atoms with van der Waals surface area (Å²) in [4.78, 5) is 0. The van der Waals surface area contributed by atoms with Crippen LogP contribution in [0.5, 0.6) is 5.75 Å². The van der Waals surface area contributed by atoms with E-state index in [0.29, 0.717) is 12.5 Å². The average Bonchev–Trinajstić information content (AvgIpc) is 2.14. The van der Waals surface area contributed by atoms with Crippen molar-refractivity contribution in [3.8, 4) is 5.75 Å². The van der Waals surface area contributed by atoms with E-state index in [1.54, 1.807) is 6.92 Å². The summed E-state index contributed by atoms with van der Waals surface area (Å²) in [6.45, 7) is 3.57. The van der Waals surface area contributed by atoms with Gasteiger partial charge in [0.1, 0.15) is 0 Å². The van der Waals surface area contributed by atoms with E-state index in [1.807, 2.05) is 6.92 Å². The molecule has 1 unspecified atom stereocenters. The van der Waals surface area contributed by atoms with Crippen molar-refractivity contribution in [2.75, 3.05) is 0 Å². The molecule has 0 N–H and O–H groups in total. The van der Waals surface area contributed by atoms with E-state index in [-0.39, 0.29) is 11.9 Å². The first-order valence-electron chi connectivity index (χ1n) is 4.35. The summed E-state index contributed by atoms with van der Waals surface area (Å²) in [5, 5.41) is 0. The molecule has 1 aromatic carbocycles. The number of benzene rings is 1. The standard InChI is InChI=1S/C10H11F3O/c1-3-6(2)14-10-5-8(12)7(11)4-9(10)13/h4-6H,3H2,1-2H3. The minimum Gasteiger partial charge on any atom is -0.488 e. The Kier molecular flexibility index (Phi) is 3.38. The van der Waals surface area contributed by atoms with Crippen molar-refractivity contribution in [3.63, 3.8) is 0 Å². The summed E-state index contributed by atoms with van der Waals surface area (Å²) < 4.78 is 43.2. The smallest absolute Gasteiger partial charge is 0.168 e. The maximum atomic E-state index is 13.0. The van der Waals surface area contributed by atoms with Crippen LogP contribution < -0.4 is 4.74 Å². The quantitative estimate of drug-likeness (QED) is 0.686. The summed E-state index contributed by atoms with van der Waals surface area (Å²) in [5.74, 6) is -3.45. The lowest BCUT2D eigenvalue weighted by Crippen LogP contribution is -2.11. The molecule has 0 saturated heterocycles. The van der Waals surface area contributed by atoms with Gasteiger partial charge in [-0.25, -0.2) is 13.2 Å². The lowest BCUT2D eigenvalue weighted by molar-refractivity contribution is 0.206. The Morgan fingerprint density at radius 3 is 2.29 bits per heavy atom. The van der Waals surface area contributed by atoms with Crippen LogP contribution in [-0.4, -0.2) is 6.10 Å². The van der Waals surface area contributed by atoms with Gasteiger partial charge in [-0.3, -0.25) is 0 Å². The lowest BCUT2D eigenvalue weighted by atomic mass is 10.3. The first kappa shape index (κ1) is 10.9. The minimum atomic E-state index is -1.21. The monoisotopic (exact) mass is 204 g/mol. The maximum absolute atomic E-state index is 13.0. The highest BCUT2D eigenvalue weighted by molar-refractivity contribution is 5.26. The van der Waals surface area contributed by atoms with E-state index >= 15 is 0 Å². The molecule has 0 aromatic heterocycles. The normalized spacial score (nSPS) is 12.6. The highest BCUT2D eigenvalue weighted by Gasteiger charge is 2.12. The van der Waals surface area contributed by atoms with Gasteiger partial charge in [0.15, 0.2) is 23.2 Å². The molecular weight excluding hydrogens is 193 g/mol. The van der Waals surface area contributed by atoms with Crippen LogP contribution in [0.2, 0.25) is 0 Å². The number of hydrogen-bond acceptors (Lipinski definition) is 1. The fraction of sp³-hybridized carbons (Fsp3) is 0.400. The molecule has 0 radical (unpaired) electrons. The molecule has 78 valence electrons. The summed E-state index contributed by atoms with van der Waals surface area (Å²) in [7, 11) is 0. The van der Waals surface area contributed by atoms with Crippen LogP contribution in [0.15, 0.2) is 12.1 Å². The molecule has 0 spiro atoms. The topological polar surface area (TPSA) is 9.23 Å². The molecule has 0 amide bonds. The van der Waals surface area contributed by atoms with Crippen molar-refractivity contribution in [3.05, 3.63) is 29.6 Å². The van der Waals surface area contributed by atoms with Crippen LogP contribution in [0, 0.1) is 17.5 Å². The summed E-state index contributed by atoms with van der Waals surface area (Å²) in [6, 6.07) is 1.20. The highest BCUT2D eigenvalue weighted by atomic mass is 19.2. The third-order valence-corrected chi connectivity index (χ3v) is 1.88. The van der Waals surface area contributed by atoms with Crippen molar-refractivity contribution in [1.82, 2.24) is 0 Å². The van der Waals surface area contributed by atoms with E-state index in [2.05, 4.69) is 0 Å². The molecule has 1 atom stereocenters. The van der Waals surface area contributed by atoms with Gasteiger partial charge in [-0.2, -0.15) is 0 Å². The highest BCUT2D eigenvalue weighted by Crippen LogP contribution is 2.22. The van der Waals surface area contributed by atoms with Crippen molar-refractivity contribution in [2.45, 2.75) is 26.4 Å². The fourth-order valence-electron chi connectivity index (χ4n) is 0.895. The van der Waals surface area contributed by atoms with E-state index < -0.39 is 17.5 Å². The summed E-state index contributed by atoms with van der Waals surface area (Å²) >= 11 is 0. The predicted octanol–water partition coefficient (Wildman–Crippen LogP) is 3.28. The van der Waals surface area contributed by atoms with Crippen LogP contribution in [0.4, 0.5) is 13.2 Å². The molecule has 0 aliphatic carbocycles. The maximum Gasteiger partial charge on any atom is 0.168 e. The third kappa shape index (κ3) is 2.40. The van der Waals surface area contributed by atoms with Gasteiger partial charge in [0, 0.05) is 12.1 Å². The molecule has 0 aliphatic heterocycles. The number of hydrogen-bond donors (Lipinski definition) is 0. The van der Waals surface area contributed by atoms with E-state index in [1.165, 1.54) is 0 Å². The van der Waals surface area contributed by atoms with E-state index in [0.717, 1.165) is 6.07 Å². The number of halogens is 3. The Morgan fingerprint density at radius 1 is 1.14 bits per heavy atom. The first-order chi connectivity index (χ1) is 6.54. The van der Waals surface area contributed by atoms with Crippen LogP contribution in [-0.2, 0) is 0 Å².